The van der Waals surface area contributed by atoms with Crippen molar-refractivity contribution in [2.24, 2.45) is 11.8 Å². The molecule has 0 radical (unpaired) electrons. The second-order valence-electron chi connectivity index (χ2n) is 3.93. The van der Waals surface area contributed by atoms with E-state index < -0.39 is 0 Å². The first-order valence-corrected chi connectivity index (χ1v) is 6.12. The van der Waals surface area contributed by atoms with Gasteiger partial charge in [0.25, 0.3) is 0 Å². The highest BCUT2D eigenvalue weighted by Crippen LogP contribution is 2.46. The van der Waals surface area contributed by atoms with E-state index in [2.05, 4.69) is 37.4 Å². The largest absolute Gasteiger partial charge is 0.391 e. The van der Waals surface area contributed by atoms with Gasteiger partial charge in [0.05, 0.1) is 0 Å². The van der Waals surface area contributed by atoms with E-state index in [1.54, 1.807) is 0 Å². The molecule has 1 nitrogen and oxygen atoms in total. The van der Waals surface area contributed by atoms with Crippen LogP contribution in [-0.2, 0) is 0 Å². The first-order valence-electron chi connectivity index (χ1n) is 6.12. The van der Waals surface area contributed by atoms with E-state index in [1.165, 1.54) is 17.6 Å². The van der Waals surface area contributed by atoms with Crippen LogP contribution in [0.25, 0.3) is 0 Å². The molecule has 2 atom stereocenters. The Kier molecular flexibility index (Phi) is 4.67. The Hall–Kier alpha value is -0.980. The van der Waals surface area contributed by atoms with Gasteiger partial charge in [0.15, 0.2) is 0 Å². The van der Waals surface area contributed by atoms with Crippen LogP contribution in [-0.4, -0.2) is 6.54 Å². The van der Waals surface area contributed by atoms with Gasteiger partial charge in [-0.2, -0.15) is 0 Å². The lowest BCUT2D eigenvalue weighted by Gasteiger charge is -2.07. The maximum absolute atomic E-state index is 3.20. The third-order valence-electron chi connectivity index (χ3n) is 2.79. The van der Waals surface area contributed by atoms with E-state index in [0.717, 1.165) is 18.4 Å². The smallest absolute Gasteiger partial charge is 0.0113 e. The molecule has 0 spiro atoms. The van der Waals surface area contributed by atoms with Crippen molar-refractivity contribution in [3.05, 3.63) is 35.6 Å². The summed E-state index contributed by atoms with van der Waals surface area (Å²) < 4.78 is 0. The summed E-state index contributed by atoms with van der Waals surface area (Å²) in [5.41, 5.74) is 2.84. The highest BCUT2D eigenvalue weighted by molar-refractivity contribution is 5.44. The monoisotopic (exact) mass is 205 g/mol. The van der Waals surface area contributed by atoms with E-state index in [4.69, 9.17) is 0 Å². The molecule has 0 bridgehead atoms. The number of fused-ring (bicyclic) bond motifs is 1. The van der Waals surface area contributed by atoms with Crippen molar-refractivity contribution in [3.63, 3.8) is 0 Å². The number of hydrogen-bond acceptors (Lipinski definition) is 1. The van der Waals surface area contributed by atoms with Crippen LogP contribution in [0.1, 0.15) is 34.1 Å². The summed E-state index contributed by atoms with van der Waals surface area (Å²) in [5.74, 6) is 1.72. The minimum atomic E-state index is 0.852. The van der Waals surface area contributed by atoms with Gasteiger partial charge in [0, 0.05) is 6.54 Å². The zero-order valence-electron chi connectivity index (χ0n) is 10.4. The molecule has 2 aliphatic carbocycles. The lowest BCUT2D eigenvalue weighted by Crippen LogP contribution is -2.02. The van der Waals surface area contributed by atoms with Crippen LogP contribution in [0.15, 0.2) is 35.6 Å². The van der Waals surface area contributed by atoms with Crippen LogP contribution >= 0.6 is 0 Å². The number of rotatable bonds is 3. The third kappa shape index (κ3) is 3.26. The van der Waals surface area contributed by atoms with E-state index in [1.807, 2.05) is 20.0 Å². The average Bonchev–Trinajstić information content (AvgIpc) is 2.99. The van der Waals surface area contributed by atoms with Gasteiger partial charge in [0.2, 0.25) is 0 Å². The van der Waals surface area contributed by atoms with Gasteiger partial charge in [-0.15, -0.1) is 0 Å². The molecule has 0 saturated heterocycles. The summed E-state index contributed by atoms with van der Waals surface area (Å²) in [4.78, 5) is 0. The van der Waals surface area contributed by atoms with Crippen molar-refractivity contribution in [2.45, 2.75) is 34.1 Å². The molecule has 15 heavy (non-hydrogen) atoms. The summed E-state index contributed by atoms with van der Waals surface area (Å²) in [5, 5.41) is 3.20. The van der Waals surface area contributed by atoms with Crippen molar-refractivity contribution >= 4 is 0 Å². The van der Waals surface area contributed by atoms with E-state index in [0.29, 0.717) is 0 Å². The molecule has 2 unspecified atom stereocenters. The SMILES string of the molecule is CC.CCN/C=C\C1=CC2CC2C=C1C. The molecule has 1 saturated carbocycles. The van der Waals surface area contributed by atoms with Gasteiger partial charge < -0.3 is 5.32 Å². The molecule has 0 heterocycles. The van der Waals surface area contributed by atoms with Gasteiger partial charge in [-0.05, 0) is 55.5 Å². The number of nitrogens with one attached hydrogen (secondary N) is 1. The second-order valence-corrected chi connectivity index (χ2v) is 3.93. The van der Waals surface area contributed by atoms with Crippen LogP contribution in [0.5, 0.6) is 0 Å². The highest BCUT2D eigenvalue weighted by atomic mass is 14.8. The topological polar surface area (TPSA) is 12.0 Å². The number of hydrogen-bond donors (Lipinski definition) is 1. The highest BCUT2D eigenvalue weighted by Gasteiger charge is 2.35. The van der Waals surface area contributed by atoms with Crippen molar-refractivity contribution in [1.82, 2.24) is 5.32 Å². The molecule has 1 N–H and O–H groups in total. The summed E-state index contributed by atoms with van der Waals surface area (Å²) >= 11 is 0. The molecule has 0 aromatic rings. The zero-order valence-corrected chi connectivity index (χ0v) is 10.4. The predicted octanol–water partition coefficient (Wildman–Crippen LogP) is 3.66. The molecular weight excluding hydrogens is 182 g/mol. The Morgan fingerprint density at radius 2 is 2.00 bits per heavy atom. The van der Waals surface area contributed by atoms with Crippen molar-refractivity contribution in [2.75, 3.05) is 6.54 Å². The van der Waals surface area contributed by atoms with Crippen LogP contribution in [0.3, 0.4) is 0 Å². The first-order chi connectivity index (χ1) is 7.31. The second kappa shape index (κ2) is 5.79. The third-order valence-corrected chi connectivity index (χ3v) is 2.79. The summed E-state index contributed by atoms with van der Waals surface area (Å²) in [6, 6.07) is 0. The quantitative estimate of drug-likeness (QED) is 0.741. The van der Waals surface area contributed by atoms with E-state index >= 15 is 0 Å². The van der Waals surface area contributed by atoms with Crippen LogP contribution in [0.2, 0.25) is 0 Å². The molecule has 0 amide bonds. The minimum Gasteiger partial charge on any atom is -0.391 e. The van der Waals surface area contributed by atoms with Gasteiger partial charge >= 0.3 is 0 Å². The maximum Gasteiger partial charge on any atom is 0.0113 e. The Morgan fingerprint density at radius 3 is 2.67 bits per heavy atom. The fraction of sp³-hybridized carbons (Fsp3) is 0.571. The van der Waals surface area contributed by atoms with Gasteiger partial charge in [-0.25, -0.2) is 0 Å². The minimum absolute atomic E-state index is 0.852. The van der Waals surface area contributed by atoms with Crippen LogP contribution < -0.4 is 5.32 Å². The first kappa shape index (κ1) is 12.1. The van der Waals surface area contributed by atoms with E-state index in [-0.39, 0.29) is 0 Å². The van der Waals surface area contributed by atoms with Gasteiger partial charge in [-0.3, -0.25) is 0 Å². The average molecular weight is 205 g/mol. The maximum atomic E-state index is 3.20. The lowest BCUT2D eigenvalue weighted by molar-refractivity contribution is 0.913. The molecular formula is C14H23N. The standard InChI is InChI=1S/C12H17N.C2H6/c1-3-13-5-4-10-7-12-8-11(12)6-9(10)2;1-2/h4-7,11-13H,3,8H2,1-2H3;1-2H3/b5-4-;. The molecule has 1 fully saturated rings. The Labute approximate surface area is 94.0 Å². The fourth-order valence-corrected chi connectivity index (χ4v) is 1.85. The molecule has 84 valence electrons. The van der Waals surface area contributed by atoms with Gasteiger partial charge in [-0.1, -0.05) is 26.0 Å². The Balaban J connectivity index is 0.000000531. The normalized spacial score (nSPS) is 27.2. The molecule has 0 aromatic heterocycles. The van der Waals surface area contributed by atoms with Crippen molar-refractivity contribution < 1.29 is 0 Å². The summed E-state index contributed by atoms with van der Waals surface area (Å²) in [6.07, 6.45) is 10.4. The van der Waals surface area contributed by atoms with E-state index in [9.17, 15) is 0 Å². The molecule has 1 heteroatoms. The Bertz CT molecular complexity index is 284. The van der Waals surface area contributed by atoms with Crippen molar-refractivity contribution in [3.8, 4) is 0 Å². The Morgan fingerprint density at radius 1 is 1.33 bits per heavy atom. The number of allylic oxidation sites excluding steroid dienone is 5. The van der Waals surface area contributed by atoms with Crippen molar-refractivity contribution in [1.29, 1.82) is 0 Å². The van der Waals surface area contributed by atoms with Crippen LogP contribution in [0.4, 0.5) is 0 Å². The van der Waals surface area contributed by atoms with Gasteiger partial charge in [0.1, 0.15) is 0 Å². The molecule has 0 aromatic carbocycles. The summed E-state index contributed by atoms with van der Waals surface area (Å²) in [7, 11) is 0. The molecule has 2 aliphatic rings. The summed E-state index contributed by atoms with van der Waals surface area (Å²) in [6.45, 7) is 9.31. The predicted molar refractivity (Wildman–Crippen MR) is 67.6 cm³/mol. The fourth-order valence-electron chi connectivity index (χ4n) is 1.85. The molecule has 0 aliphatic heterocycles. The lowest BCUT2D eigenvalue weighted by atomic mass is 9.99. The van der Waals surface area contributed by atoms with Crippen LogP contribution in [0, 0.1) is 11.8 Å². The molecule has 2 rings (SSSR count). The zero-order chi connectivity index (χ0) is 11.3.